The van der Waals surface area contributed by atoms with Crippen LogP contribution in [0.25, 0.3) is 44.4 Å². The standard InChI is InChI=1S/C43H35N3O/c1-27-22-23-44-40(24-27)46-38-13-9-8-12-35(38)43(3,4)36-20-18-32(26-39(36)46)37-21-19-33-28(2)25-34(42(47)41(33)45-37)31-16-14-30(15-17-31)29-10-6-5-7-11-29/h5-26,47H,1-4H3. The first-order chi connectivity index (χ1) is 22.8. The van der Waals surface area contributed by atoms with Gasteiger partial charge in [-0.05, 0) is 89.2 Å². The number of para-hydroxylation sites is 1. The molecule has 3 heterocycles. The van der Waals surface area contributed by atoms with E-state index in [1.54, 1.807) is 0 Å². The van der Waals surface area contributed by atoms with E-state index in [-0.39, 0.29) is 11.2 Å². The Morgan fingerprint density at radius 3 is 2.09 bits per heavy atom. The minimum atomic E-state index is -0.206. The molecule has 0 radical (unpaired) electrons. The first-order valence-corrected chi connectivity index (χ1v) is 16.1. The van der Waals surface area contributed by atoms with E-state index in [0.717, 1.165) is 67.2 Å². The highest BCUT2D eigenvalue weighted by molar-refractivity contribution is 5.96. The molecular weight excluding hydrogens is 574 g/mol. The lowest BCUT2D eigenvalue weighted by Gasteiger charge is -2.41. The fourth-order valence-corrected chi connectivity index (χ4v) is 7.07. The monoisotopic (exact) mass is 609 g/mol. The van der Waals surface area contributed by atoms with Gasteiger partial charge in [0, 0.05) is 28.1 Å². The third kappa shape index (κ3) is 4.76. The Labute approximate surface area is 275 Å². The van der Waals surface area contributed by atoms with Crippen LogP contribution < -0.4 is 4.90 Å². The zero-order chi connectivity index (χ0) is 32.3. The Hall–Kier alpha value is -5.74. The number of fused-ring (bicyclic) bond motifs is 3. The van der Waals surface area contributed by atoms with Crippen molar-refractivity contribution in [2.24, 2.45) is 0 Å². The van der Waals surface area contributed by atoms with Crippen LogP contribution in [0.2, 0.25) is 0 Å². The topological polar surface area (TPSA) is 49.2 Å². The van der Waals surface area contributed by atoms with E-state index in [2.05, 4.69) is 136 Å². The summed E-state index contributed by atoms with van der Waals surface area (Å²) in [7, 11) is 0. The Balaban J connectivity index is 1.25. The number of hydrogen-bond acceptors (Lipinski definition) is 4. The molecule has 7 aromatic rings. The van der Waals surface area contributed by atoms with Gasteiger partial charge >= 0.3 is 0 Å². The number of anilines is 3. The zero-order valence-corrected chi connectivity index (χ0v) is 27.0. The molecule has 0 saturated carbocycles. The van der Waals surface area contributed by atoms with Gasteiger partial charge in [-0.3, -0.25) is 4.90 Å². The van der Waals surface area contributed by atoms with Crippen LogP contribution in [0.4, 0.5) is 17.2 Å². The molecular formula is C43H35N3O. The second-order valence-electron chi connectivity index (χ2n) is 13.0. The smallest absolute Gasteiger partial charge is 0.149 e. The first kappa shape index (κ1) is 28.7. The second kappa shape index (κ2) is 11.0. The molecule has 1 aliphatic rings. The highest BCUT2D eigenvalue weighted by atomic mass is 16.3. The molecule has 0 spiro atoms. The van der Waals surface area contributed by atoms with Crippen molar-refractivity contribution in [2.45, 2.75) is 33.1 Å². The van der Waals surface area contributed by atoms with E-state index in [9.17, 15) is 5.11 Å². The molecule has 5 aromatic carbocycles. The minimum absolute atomic E-state index is 0.193. The van der Waals surface area contributed by atoms with Gasteiger partial charge in [0.05, 0.1) is 17.1 Å². The summed E-state index contributed by atoms with van der Waals surface area (Å²) in [5.74, 6) is 1.08. The van der Waals surface area contributed by atoms with Crippen molar-refractivity contribution in [1.82, 2.24) is 9.97 Å². The molecule has 47 heavy (non-hydrogen) atoms. The van der Waals surface area contributed by atoms with Crippen LogP contribution in [0.3, 0.4) is 0 Å². The van der Waals surface area contributed by atoms with Crippen LogP contribution in [-0.4, -0.2) is 15.1 Å². The summed E-state index contributed by atoms with van der Waals surface area (Å²) in [5, 5.41) is 12.6. The lowest BCUT2D eigenvalue weighted by Crippen LogP contribution is -2.31. The van der Waals surface area contributed by atoms with Crippen LogP contribution in [0.5, 0.6) is 5.75 Å². The lowest BCUT2D eigenvalue weighted by molar-refractivity contribution is 0.482. The minimum Gasteiger partial charge on any atom is -0.505 e. The Morgan fingerprint density at radius 1 is 0.617 bits per heavy atom. The van der Waals surface area contributed by atoms with Crippen molar-refractivity contribution in [3.63, 3.8) is 0 Å². The maximum Gasteiger partial charge on any atom is 0.149 e. The SMILES string of the molecule is Cc1ccnc(N2c3ccccc3C(C)(C)c3ccc(-c4ccc5c(C)cc(-c6ccc(-c7ccccc7)cc6)c(O)c5n4)cc32)c1. The van der Waals surface area contributed by atoms with Crippen molar-refractivity contribution in [3.8, 4) is 39.3 Å². The Kier molecular flexibility index (Phi) is 6.69. The van der Waals surface area contributed by atoms with Gasteiger partial charge in [-0.1, -0.05) is 105 Å². The van der Waals surface area contributed by atoms with Crippen molar-refractivity contribution >= 4 is 28.1 Å². The van der Waals surface area contributed by atoms with E-state index >= 15 is 0 Å². The van der Waals surface area contributed by atoms with Crippen LogP contribution in [0.15, 0.2) is 134 Å². The van der Waals surface area contributed by atoms with Crippen molar-refractivity contribution in [2.75, 3.05) is 4.90 Å². The highest BCUT2D eigenvalue weighted by Gasteiger charge is 2.37. The van der Waals surface area contributed by atoms with Crippen LogP contribution in [0.1, 0.15) is 36.1 Å². The number of aryl methyl sites for hydroxylation is 2. The summed E-state index contributed by atoms with van der Waals surface area (Å²) in [6.45, 7) is 8.75. The van der Waals surface area contributed by atoms with Gasteiger partial charge in [0.25, 0.3) is 0 Å². The largest absolute Gasteiger partial charge is 0.505 e. The predicted octanol–water partition coefficient (Wildman–Crippen LogP) is 11.1. The summed E-state index contributed by atoms with van der Waals surface area (Å²) in [5.41, 5.74) is 13.1. The Morgan fingerprint density at radius 2 is 1.30 bits per heavy atom. The van der Waals surface area contributed by atoms with Gasteiger partial charge in [-0.2, -0.15) is 0 Å². The van der Waals surface area contributed by atoms with E-state index in [1.165, 1.54) is 11.1 Å². The number of hydrogen-bond donors (Lipinski definition) is 1. The van der Waals surface area contributed by atoms with E-state index < -0.39 is 0 Å². The number of rotatable bonds is 4. The lowest BCUT2D eigenvalue weighted by atomic mass is 9.73. The molecule has 0 amide bonds. The molecule has 0 unspecified atom stereocenters. The number of phenols is 1. The summed E-state index contributed by atoms with van der Waals surface area (Å²) in [4.78, 5) is 12.2. The van der Waals surface area contributed by atoms with Crippen LogP contribution in [0, 0.1) is 13.8 Å². The molecule has 1 N–H and O–H groups in total. The first-order valence-electron chi connectivity index (χ1n) is 16.1. The highest BCUT2D eigenvalue weighted by Crippen LogP contribution is 2.52. The van der Waals surface area contributed by atoms with Crippen LogP contribution in [-0.2, 0) is 5.41 Å². The maximum atomic E-state index is 11.7. The van der Waals surface area contributed by atoms with E-state index in [1.807, 2.05) is 30.5 Å². The molecule has 0 bridgehead atoms. The summed E-state index contributed by atoms with van der Waals surface area (Å²) in [6.07, 6.45) is 1.87. The number of aromatic hydroxyl groups is 1. The molecule has 8 rings (SSSR count). The predicted molar refractivity (Wildman–Crippen MR) is 194 cm³/mol. The molecule has 2 aromatic heterocycles. The van der Waals surface area contributed by atoms with Gasteiger partial charge in [0.1, 0.15) is 17.1 Å². The molecule has 4 nitrogen and oxygen atoms in total. The fourth-order valence-electron chi connectivity index (χ4n) is 7.07. The van der Waals surface area contributed by atoms with E-state index in [4.69, 9.17) is 9.97 Å². The number of aromatic nitrogens is 2. The molecule has 0 aliphatic carbocycles. The molecule has 1 aliphatic heterocycles. The second-order valence-corrected chi connectivity index (χ2v) is 13.0. The number of phenolic OH excluding ortho intramolecular Hbond substituents is 1. The van der Waals surface area contributed by atoms with E-state index in [0.29, 0.717) is 5.52 Å². The molecule has 4 heteroatoms. The van der Waals surface area contributed by atoms with Gasteiger partial charge in [0.2, 0.25) is 0 Å². The normalized spacial score (nSPS) is 13.3. The van der Waals surface area contributed by atoms with Crippen LogP contribution >= 0.6 is 0 Å². The average molecular weight is 610 g/mol. The zero-order valence-electron chi connectivity index (χ0n) is 27.0. The number of pyridine rings is 2. The van der Waals surface area contributed by atoms with Gasteiger partial charge in [-0.15, -0.1) is 0 Å². The van der Waals surface area contributed by atoms with Crippen molar-refractivity contribution in [3.05, 3.63) is 156 Å². The molecule has 228 valence electrons. The third-order valence-corrected chi connectivity index (χ3v) is 9.62. The number of benzene rings is 5. The number of nitrogens with zero attached hydrogens (tertiary/aromatic N) is 3. The Bertz CT molecular complexity index is 2310. The molecule has 0 fully saturated rings. The van der Waals surface area contributed by atoms with Gasteiger partial charge < -0.3 is 5.11 Å². The third-order valence-electron chi connectivity index (χ3n) is 9.62. The average Bonchev–Trinajstić information content (AvgIpc) is 3.10. The fraction of sp³-hybridized carbons (Fsp3) is 0.116. The quantitative estimate of drug-likeness (QED) is 0.216. The van der Waals surface area contributed by atoms with Gasteiger partial charge in [0.15, 0.2) is 0 Å². The van der Waals surface area contributed by atoms with Crippen molar-refractivity contribution < 1.29 is 5.11 Å². The van der Waals surface area contributed by atoms with Gasteiger partial charge in [-0.25, -0.2) is 9.97 Å². The maximum absolute atomic E-state index is 11.7. The van der Waals surface area contributed by atoms with Crippen molar-refractivity contribution in [1.29, 1.82) is 0 Å². The summed E-state index contributed by atoms with van der Waals surface area (Å²) in [6, 6.07) is 44.2. The molecule has 0 atom stereocenters. The summed E-state index contributed by atoms with van der Waals surface area (Å²) >= 11 is 0. The summed E-state index contributed by atoms with van der Waals surface area (Å²) < 4.78 is 0. The molecule has 0 saturated heterocycles.